The van der Waals surface area contributed by atoms with Crippen LogP contribution in [0.15, 0.2) is 0 Å². The predicted molar refractivity (Wildman–Crippen MR) is 150 cm³/mol. The molecule has 0 amide bonds. The molecule has 0 aliphatic rings. The number of rotatable bonds is 14. The fourth-order valence-corrected chi connectivity index (χ4v) is 1.27. The van der Waals surface area contributed by atoms with E-state index in [0.717, 1.165) is 13.3 Å². The van der Waals surface area contributed by atoms with E-state index in [4.69, 9.17) is 76.0 Å². The van der Waals surface area contributed by atoms with Crippen molar-refractivity contribution >= 4 is 65.7 Å². The summed E-state index contributed by atoms with van der Waals surface area (Å²) in [4.78, 5) is 106. The van der Waals surface area contributed by atoms with Crippen LogP contribution < -0.4 is 0 Å². The molecule has 24 heteroatoms. The second-order valence-electron chi connectivity index (χ2n) is 7.69. The summed E-state index contributed by atoms with van der Waals surface area (Å²) in [6.07, 6.45) is -2.44. The molecule has 0 aromatic heterocycles. The van der Waals surface area contributed by atoms with Crippen molar-refractivity contribution in [1.29, 1.82) is 0 Å². The molecule has 0 saturated carbocycles. The van der Waals surface area contributed by atoms with E-state index in [-0.39, 0.29) is 19.3 Å². The summed E-state index contributed by atoms with van der Waals surface area (Å²) in [6, 6.07) is 0. The van der Waals surface area contributed by atoms with Crippen molar-refractivity contribution in [2.24, 2.45) is 0 Å². The summed E-state index contributed by atoms with van der Waals surface area (Å²) in [5, 5.41) is 103. The quantitative estimate of drug-likeness (QED) is 0.0934. The zero-order chi connectivity index (χ0) is 40.2. The first-order chi connectivity index (χ1) is 21.6. The first-order valence-electron chi connectivity index (χ1n) is 12.3. The highest BCUT2D eigenvalue weighted by Gasteiger charge is 2.40. The lowest BCUT2D eigenvalue weighted by Crippen LogP contribution is -2.42. The summed E-state index contributed by atoms with van der Waals surface area (Å²) in [6.45, 7) is 3.75. The van der Waals surface area contributed by atoms with Crippen LogP contribution >= 0.6 is 0 Å². The molecular formula is C24H40O24. The van der Waals surface area contributed by atoms with E-state index in [1.54, 1.807) is 6.92 Å². The summed E-state index contributed by atoms with van der Waals surface area (Å²) in [5.41, 5.74) is -2.74. The zero-order valence-electron chi connectivity index (χ0n) is 25.7. The van der Waals surface area contributed by atoms with Gasteiger partial charge in [0, 0.05) is 19.8 Å². The van der Waals surface area contributed by atoms with Gasteiger partial charge in [-0.15, -0.1) is 0 Å². The van der Waals surface area contributed by atoms with Gasteiger partial charge in [0.05, 0.1) is 25.7 Å². The Morgan fingerprint density at radius 2 is 0.708 bits per heavy atom. The van der Waals surface area contributed by atoms with Gasteiger partial charge in [0.2, 0.25) is 0 Å². The second-order valence-corrected chi connectivity index (χ2v) is 7.69. The molecule has 0 aromatic rings. The number of carboxylic acid groups (broad SMARTS) is 11. The molecule has 0 saturated heterocycles. The van der Waals surface area contributed by atoms with Crippen LogP contribution in [0, 0.1) is 0 Å². The molecule has 0 unspecified atom stereocenters. The average molecular weight is 713 g/mol. The molecule has 0 radical (unpaired) electrons. The number of carboxylic acids is 11. The Kier molecular flexibility index (Phi) is 44.8. The molecule has 0 aromatic carbocycles. The Morgan fingerprint density at radius 3 is 0.771 bits per heavy atom. The first kappa shape index (κ1) is 57.7. The molecule has 0 heterocycles. The van der Waals surface area contributed by atoms with Crippen molar-refractivity contribution in [3.05, 3.63) is 0 Å². The lowest BCUT2D eigenvalue weighted by molar-refractivity contribution is -0.170. The molecule has 0 aliphatic carbocycles. The minimum Gasteiger partial charge on any atom is -0.481 e. The maximum atomic E-state index is 10.3. The van der Waals surface area contributed by atoms with E-state index < -0.39 is 97.1 Å². The van der Waals surface area contributed by atoms with Gasteiger partial charge in [-0.1, -0.05) is 13.8 Å². The fourth-order valence-electron chi connectivity index (χ4n) is 1.27. The van der Waals surface area contributed by atoms with Crippen LogP contribution in [0.5, 0.6) is 0 Å². The fraction of sp³-hybridized carbons (Fsp3) is 0.542. The van der Waals surface area contributed by atoms with Gasteiger partial charge < -0.3 is 66.4 Å². The van der Waals surface area contributed by atoms with Crippen LogP contribution in [0.4, 0.5) is 0 Å². The van der Waals surface area contributed by atoms with Crippen LogP contribution in [-0.4, -0.2) is 144 Å². The van der Waals surface area contributed by atoms with Crippen LogP contribution in [-0.2, 0) is 52.7 Å². The topological polar surface area (TPSA) is 451 Å². The number of hydrogen-bond acceptors (Lipinski definition) is 13. The Labute approximate surface area is 269 Å². The molecule has 0 atom stereocenters. The largest absolute Gasteiger partial charge is 0.481 e. The summed E-state index contributed by atoms with van der Waals surface area (Å²) >= 11 is 0. The predicted octanol–water partition coefficient (Wildman–Crippen LogP) is -1.26. The standard InChI is InChI=1S/C6H8O7.C4H6O4.C4H8O2.C3H4O4.C3H6O2.C2H4O3.C2H4O2/c7-3(8)1-6(13,5(11)12)2-4(9)10;5-3(6)1-2-4(7)8;1-2-3-4(5)6;4-2(5)1-3(6)7;1-2-3(4)5;3-1-2(4)5;1-2(3)4/h13H,1-2H2,(H,7,8)(H,9,10)(H,11,12);1-2H2,(H,5,6)(H,7,8);2-3H2,1H3,(H,5,6);1H2,(H,4,5)(H,6,7);2H2,1H3,(H,4,5);3H,1H2,(H,4,5);1H3,(H,3,4). The van der Waals surface area contributed by atoms with E-state index >= 15 is 0 Å². The molecule has 0 bridgehead atoms. The monoisotopic (exact) mass is 712 g/mol. The third-order valence-electron chi connectivity index (χ3n) is 3.04. The van der Waals surface area contributed by atoms with Crippen molar-refractivity contribution in [2.45, 2.75) is 77.7 Å². The van der Waals surface area contributed by atoms with Crippen molar-refractivity contribution < 1.29 is 119 Å². The zero-order valence-corrected chi connectivity index (χ0v) is 25.7. The molecule has 24 nitrogen and oxygen atoms in total. The maximum Gasteiger partial charge on any atom is 0.336 e. The number of aliphatic hydroxyl groups excluding tert-OH is 1. The highest BCUT2D eigenvalue weighted by atomic mass is 16.4. The first-order valence-corrected chi connectivity index (χ1v) is 12.3. The van der Waals surface area contributed by atoms with Gasteiger partial charge in [0.1, 0.15) is 13.0 Å². The van der Waals surface area contributed by atoms with Crippen molar-refractivity contribution in [3.63, 3.8) is 0 Å². The Morgan fingerprint density at radius 1 is 0.458 bits per heavy atom. The van der Waals surface area contributed by atoms with Crippen LogP contribution in [0.25, 0.3) is 0 Å². The maximum absolute atomic E-state index is 10.3. The van der Waals surface area contributed by atoms with E-state index in [0.29, 0.717) is 6.42 Å². The van der Waals surface area contributed by atoms with Gasteiger partial charge in [-0.25, -0.2) is 9.59 Å². The third kappa shape index (κ3) is 90.0. The van der Waals surface area contributed by atoms with Gasteiger partial charge in [-0.2, -0.15) is 0 Å². The second kappa shape index (κ2) is 37.3. The minimum atomic E-state index is -2.74. The summed E-state index contributed by atoms with van der Waals surface area (Å²) in [7, 11) is 0. The Balaban J connectivity index is -0.0000000851. The lowest BCUT2D eigenvalue weighted by Gasteiger charge is -2.18. The van der Waals surface area contributed by atoms with E-state index in [9.17, 15) is 43.2 Å². The molecule has 0 rings (SSSR count). The molecule has 0 aliphatic heterocycles. The molecule has 0 fully saturated rings. The molecule has 0 spiro atoms. The van der Waals surface area contributed by atoms with Gasteiger partial charge in [0.25, 0.3) is 5.97 Å². The average Bonchev–Trinajstić information content (AvgIpc) is 2.87. The van der Waals surface area contributed by atoms with Crippen LogP contribution in [0.1, 0.15) is 72.1 Å². The Hall–Kier alpha value is -5.91. The SMILES string of the molecule is CC(=O)O.CCC(=O)O.CCCC(=O)O.O=C(O)CC(=O)O.O=C(O)CC(O)(CC(=O)O)C(=O)O.O=C(O)CCC(=O)O.O=C(O)CO. The van der Waals surface area contributed by atoms with Gasteiger partial charge >= 0.3 is 59.7 Å². The molecular weight excluding hydrogens is 672 g/mol. The number of carbonyl (C=O) groups is 11. The van der Waals surface area contributed by atoms with Gasteiger partial charge in [-0.05, 0) is 6.42 Å². The highest BCUT2D eigenvalue weighted by Crippen LogP contribution is 2.15. The third-order valence-corrected chi connectivity index (χ3v) is 3.04. The van der Waals surface area contributed by atoms with E-state index in [2.05, 4.69) is 0 Å². The van der Waals surface area contributed by atoms with Crippen LogP contribution in [0.3, 0.4) is 0 Å². The number of aliphatic hydroxyl groups is 2. The number of aliphatic carboxylic acids is 11. The summed E-state index contributed by atoms with van der Waals surface area (Å²) < 4.78 is 0. The van der Waals surface area contributed by atoms with Crippen molar-refractivity contribution in [1.82, 2.24) is 0 Å². The number of hydrogen-bond donors (Lipinski definition) is 13. The lowest BCUT2D eigenvalue weighted by atomic mass is 9.96. The molecule has 280 valence electrons. The van der Waals surface area contributed by atoms with Gasteiger partial charge in [-0.3, -0.25) is 43.2 Å². The summed E-state index contributed by atoms with van der Waals surface area (Å²) in [5.74, 6) is -13.3. The van der Waals surface area contributed by atoms with E-state index in [1.807, 2.05) is 6.92 Å². The highest BCUT2D eigenvalue weighted by molar-refractivity contribution is 5.89. The van der Waals surface area contributed by atoms with Gasteiger partial charge in [0.15, 0.2) is 5.60 Å². The molecule has 48 heavy (non-hydrogen) atoms. The minimum absolute atomic E-state index is 0.222. The smallest absolute Gasteiger partial charge is 0.336 e. The van der Waals surface area contributed by atoms with Crippen molar-refractivity contribution in [2.75, 3.05) is 6.61 Å². The van der Waals surface area contributed by atoms with Crippen LogP contribution in [0.2, 0.25) is 0 Å². The van der Waals surface area contributed by atoms with Crippen molar-refractivity contribution in [3.8, 4) is 0 Å². The molecule has 13 N–H and O–H groups in total. The Bertz CT molecular complexity index is 969. The normalized spacial score (nSPS) is 8.60. The van der Waals surface area contributed by atoms with E-state index in [1.165, 1.54) is 0 Å².